The summed E-state index contributed by atoms with van der Waals surface area (Å²) in [5.74, 6) is -1.84. The molecule has 5 nitrogen and oxygen atoms in total. The average molecular weight is 254 g/mol. The summed E-state index contributed by atoms with van der Waals surface area (Å²) in [4.78, 5) is 22.0. The Morgan fingerprint density at radius 3 is 2.67 bits per heavy atom. The van der Waals surface area contributed by atoms with Crippen LogP contribution in [0.3, 0.4) is 0 Å². The molecule has 0 spiro atoms. The van der Waals surface area contributed by atoms with Gasteiger partial charge in [0, 0.05) is 19.2 Å². The number of nitrogens with one attached hydrogen (secondary N) is 2. The standard InChI is InChI=1S/C12H15FN2O3/c1-7(11(16)14-2)15-6-9-5-8(12(17)18)3-4-10(9)13/h3-5,7,15H,6H2,1-2H3,(H,14,16)(H,17,18). The highest BCUT2D eigenvalue weighted by molar-refractivity contribution is 5.87. The molecule has 0 heterocycles. The minimum atomic E-state index is -1.12. The fraction of sp³-hybridized carbons (Fsp3) is 0.333. The van der Waals surface area contributed by atoms with Crippen LogP contribution in [0.4, 0.5) is 4.39 Å². The van der Waals surface area contributed by atoms with Gasteiger partial charge in [0.1, 0.15) is 5.82 Å². The Labute approximate surface area is 104 Å². The molecule has 1 rings (SSSR count). The van der Waals surface area contributed by atoms with Gasteiger partial charge in [-0.25, -0.2) is 9.18 Å². The van der Waals surface area contributed by atoms with Crippen molar-refractivity contribution in [2.24, 2.45) is 0 Å². The summed E-state index contributed by atoms with van der Waals surface area (Å²) < 4.78 is 13.4. The Balaban J connectivity index is 2.75. The van der Waals surface area contributed by atoms with E-state index >= 15 is 0 Å². The predicted molar refractivity (Wildman–Crippen MR) is 63.7 cm³/mol. The summed E-state index contributed by atoms with van der Waals surface area (Å²) in [6, 6.07) is 3.07. The first-order chi connectivity index (χ1) is 8.45. The zero-order valence-corrected chi connectivity index (χ0v) is 10.2. The fourth-order valence-electron chi connectivity index (χ4n) is 1.42. The maximum absolute atomic E-state index is 13.4. The Bertz CT molecular complexity index is 463. The van der Waals surface area contributed by atoms with Crippen molar-refractivity contribution in [2.45, 2.75) is 19.5 Å². The molecule has 1 aromatic rings. The number of rotatable bonds is 5. The molecule has 98 valence electrons. The summed E-state index contributed by atoms with van der Waals surface area (Å²) in [6.07, 6.45) is 0. The molecule has 0 saturated heterocycles. The highest BCUT2D eigenvalue weighted by Gasteiger charge is 2.12. The SMILES string of the molecule is CNC(=O)C(C)NCc1cc(C(=O)O)ccc1F. The van der Waals surface area contributed by atoms with Crippen LogP contribution in [0.2, 0.25) is 0 Å². The summed E-state index contributed by atoms with van der Waals surface area (Å²) in [6.45, 7) is 1.72. The van der Waals surface area contributed by atoms with Crippen molar-refractivity contribution in [1.29, 1.82) is 0 Å². The van der Waals surface area contributed by atoms with E-state index in [4.69, 9.17) is 5.11 Å². The number of likely N-dealkylation sites (N-methyl/N-ethyl adjacent to an activating group) is 1. The van der Waals surface area contributed by atoms with E-state index in [0.29, 0.717) is 0 Å². The van der Waals surface area contributed by atoms with Gasteiger partial charge in [-0.2, -0.15) is 0 Å². The number of carboxylic acid groups (broad SMARTS) is 1. The van der Waals surface area contributed by atoms with Crippen LogP contribution in [0.1, 0.15) is 22.8 Å². The maximum atomic E-state index is 13.4. The second-order valence-electron chi connectivity index (χ2n) is 3.83. The molecule has 0 aliphatic rings. The molecule has 1 unspecified atom stereocenters. The van der Waals surface area contributed by atoms with Crippen molar-refractivity contribution in [1.82, 2.24) is 10.6 Å². The Kier molecular flexibility index (Phi) is 4.79. The van der Waals surface area contributed by atoms with Crippen molar-refractivity contribution in [3.63, 3.8) is 0 Å². The molecule has 1 atom stereocenters. The Hall–Kier alpha value is -1.95. The summed E-state index contributed by atoms with van der Waals surface area (Å²) in [7, 11) is 1.51. The predicted octanol–water partition coefficient (Wildman–Crippen LogP) is 0.748. The molecule has 0 fully saturated rings. The highest BCUT2D eigenvalue weighted by atomic mass is 19.1. The van der Waals surface area contributed by atoms with Crippen LogP contribution in [0.25, 0.3) is 0 Å². The van der Waals surface area contributed by atoms with Gasteiger partial charge in [-0.1, -0.05) is 0 Å². The molecule has 1 aromatic carbocycles. The normalized spacial score (nSPS) is 11.9. The number of hydrogen-bond donors (Lipinski definition) is 3. The number of amides is 1. The first-order valence-corrected chi connectivity index (χ1v) is 5.42. The smallest absolute Gasteiger partial charge is 0.335 e. The van der Waals surface area contributed by atoms with Crippen LogP contribution < -0.4 is 10.6 Å². The van der Waals surface area contributed by atoms with Crippen molar-refractivity contribution in [3.8, 4) is 0 Å². The minimum Gasteiger partial charge on any atom is -0.478 e. The van der Waals surface area contributed by atoms with E-state index in [-0.39, 0.29) is 23.6 Å². The van der Waals surface area contributed by atoms with E-state index < -0.39 is 17.8 Å². The topological polar surface area (TPSA) is 78.4 Å². The monoisotopic (exact) mass is 254 g/mol. The average Bonchev–Trinajstić information content (AvgIpc) is 2.36. The third-order valence-electron chi connectivity index (χ3n) is 2.53. The van der Waals surface area contributed by atoms with Gasteiger partial charge in [-0.3, -0.25) is 4.79 Å². The molecule has 0 saturated carbocycles. The van der Waals surface area contributed by atoms with E-state index in [1.807, 2.05) is 0 Å². The van der Waals surface area contributed by atoms with E-state index in [1.54, 1.807) is 6.92 Å². The summed E-state index contributed by atoms with van der Waals surface area (Å²) in [5, 5.41) is 14.1. The molecule has 3 N–H and O–H groups in total. The largest absolute Gasteiger partial charge is 0.478 e. The number of halogens is 1. The first kappa shape index (κ1) is 14.1. The lowest BCUT2D eigenvalue weighted by molar-refractivity contribution is -0.122. The van der Waals surface area contributed by atoms with E-state index in [1.165, 1.54) is 19.2 Å². The Morgan fingerprint density at radius 1 is 1.44 bits per heavy atom. The van der Waals surface area contributed by atoms with Gasteiger partial charge in [0.05, 0.1) is 11.6 Å². The first-order valence-electron chi connectivity index (χ1n) is 5.42. The number of hydrogen-bond acceptors (Lipinski definition) is 3. The van der Waals surface area contributed by atoms with Crippen molar-refractivity contribution < 1.29 is 19.1 Å². The molecule has 1 amide bonds. The quantitative estimate of drug-likeness (QED) is 0.724. The maximum Gasteiger partial charge on any atom is 0.335 e. The molecular formula is C12H15FN2O3. The third-order valence-corrected chi connectivity index (χ3v) is 2.53. The van der Waals surface area contributed by atoms with Gasteiger partial charge in [0.25, 0.3) is 0 Å². The van der Waals surface area contributed by atoms with E-state index in [2.05, 4.69) is 10.6 Å². The van der Waals surface area contributed by atoms with Crippen LogP contribution >= 0.6 is 0 Å². The fourth-order valence-corrected chi connectivity index (χ4v) is 1.42. The van der Waals surface area contributed by atoms with E-state index in [0.717, 1.165) is 6.07 Å². The lowest BCUT2D eigenvalue weighted by Crippen LogP contribution is -2.40. The van der Waals surface area contributed by atoms with Crippen molar-refractivity contribution >= 4 is 11.9 Å². The molecule has 0 radical (unpaired) electrons. The molecule has 0 aliphatic heterocycles. The molecule has 18 heavy (non-hydrogen) atoms. The summed E-state index contributed by atoms with van der Waals surface area (Å²) >= 11 is 0. The minimum absolute atomic E-state index is 0.0146. The number of carbonyl (C=O) groups is 2. The van der Waals surface area contributed by atoms with Gasteiger partial charge in [0.15, 0.2) is 0 Å². The lowest BCUT2D eigenvalue weighted by atomic mass is 10.1. The van der Waals surface area contributed by atoms with Gasteiger partial charge in [0.2, 0.25) is 5.91 Å². The molecular weight excluding hydrogens is 239 g/mol. The third kappa shape index (κ3) is 3.53. The molecule has 6 heteroatoms. The Morgan fingerprint density at radius 2 is 2.11 bits per heavy atom. The van der Waals surface area contributed by atoms with Crippen LogP contribution in [-0.4, -0.2) is 30.1 Å². The number of aromatic carboxylic acids is 1. The lowest BCUT2D eigenvalue weighted by Gasteiger charge is -2.12. The second-order valence-corrected chi connectivity index (χ2v) is 3.83. The molecule has 0 aliphatic carbocycles. The van der Waals surface area contributed by atoms with Gasteiger partial charge < -0.3 is 15.7 Å². The van der Waals surface area contributed by atoms with Crippen molar-refractivity contribution in [2.75, 3.05) is 7.05 Å². The van der Waals surface area contributed by atoms with Crippen LogP contribution in [0, 0.1) is 5.82 Å². The number of carboxylic acids is 1. The number of carbonyl (C=O) groups excluding carboxylic acids is 1. The van der Waals surface area contributed by atoms with Crippen LogP contribution in [-0.2, 0) is 11.3 Å². The van der Waals surface area contributed by atoms with Gasteiger partial charge in [-0.15, -0.1) is 0 Å². The molecule has 0 bridgehead atoms. The van der Waals surface area contributed by atoms with Crippen molar-refractivity contribution in [3.05, 3.63) is 35.1 Å². The zero-order chi connectivity index (χ0) is 13.7. The van der Waals surface area contributed by atoms with Crippen LogP contribution in [0.15, 0.2) is 18.2 Å². The van der Waals surface area contributed by atoms with E-state index in [9.17, 15) is 14.0 Å². The van der Waals surface area contributed by atoms with Gasteiger partial charge >= 0.3 is 5.97 Å². The highest BCUT2D eigenvalue weighted by Crippen LogP contribution is 2.10. The number of benzene rings is 1. The van der Waals surface area contributed by atoms with Gasteiger partial charge in [-0.05, 0) is 25.1 Å². The molecule has 0 aromatic heterocycles. The second kappa shape index (κ2) is 6.11. The van der Waals surface area contributed by atoms with Crippen LogP contribution in [0.5, 0.6) is 0 Å². The summed E-state index contributed by atoms with van der Waals surface area (Å²) in [5.41, 5.74) is 0.228. The zero-order valence-electron chi connectivity index (χ0n) is 10.2.